The lowest BCUT2D eigenvalue weighted by atomic mass is 9.90. The second-order valence-corrected chi connectivity index (χ2v) is 8.92. The Kier molecular flexibility index (Phi) is 6.39. The molecule has 24 heavy (non-hydrogen) atoms. The van der Waals surface area contributed by atoms with Gasteiger partial charge in [-0.3, -0.25) is 0 Å². The lowest BCUT2D eigenvalue weighted by Gasteiger charge is -2.37. The van der Waals surface area contributed by atoms with Gasteiger partial charge in [0.1, 0.15) is 0 Å². The summed E-state index contributed by atoms with van der Waals surface area (Å²) < 4.78 is 17.9. The third-order valence-electron chi connectivity index (χ3n) is 6.16. The topological polar surface area (TPSA) is 47.9 Å². The predicted molar refractivity (Wildman–Crippen MR) is 95.8 cm³/mol. The summed E-state index contributed by atoms with van der Waals surface area (Å²) in [5.41, 5.74) is 0.346. The summed E-state index contributed by atoms with van der Waals surface area (Å²) in [7, 11) is 0. The molecule has 1 N–H and O–H groups in total. The molecule has 4 nitrogen and oxygen atoms in total. The SMILES string of the molecule is CCOC(C)(C)[C@@H]1C[C@@]1(C)CC[C@@H](C)O[C@@H]1O[C@@H](C)[C@H](O)C[C@H]1C. The van der Waals surface area contributed by atoms with Gasteiger partial charge in [0.15, 0.2) is 6.29 Å². The molecule has 2 fully saturated rings. The average molecular weight is 343 g/mol. The third-order valence-corrected chi connectivity index (χ3v) is 6.16. The van der Waals surface area contributed by atoms with Crippen molar-refractivity contribution >= 4 is 0 Å². The largest absolute Gasteiger partial charge is 0.390 e. The Balaban J connectivity index is 1.77. The van der Waals surface area contributed by atoms with Crippen LogP contribution in [0.2, 0.25) is 0 Å². The molecule has 1 aliphatic heterocycles. The number of aliphatic hydroxyl groups excluding tert-OH is 1. The monoisotopic (exact) mass is 342 g/mol. The molecule has 7 atom stereocenters. The van der Waals surface area contributed by atoms with E-state index in [1.54, 1.807) is 0 Å². The minimum absolute atomic E-state index is 0.0276. The molecule has 0 aromatic rings. The molecule has 142 valence electrons. The van der Waals surface area contributed by atoms with Crippen LogP contribution in [0.1, 0.15) is 74.1 Å². The first kappa shape index (κ1) is 20.2. The van der Waals surface area contributed by atoms with E-state index in [-0.39, 0.29) is 36.1 Å². The first-order valence-electron chi connectivity index (χ1n) is 9.72. The van der Waals surface area contributed by atoms with Crippen molar-refractivity contribution in [2.75, 3.05) is 6.61 Å². The fraction of sp³-hybridized carbons (Fsp3) is 1.00. The van der Waals surface area contributed by atoms with E-state index < -0.39 is 0 Å². The average Bonchev–Trinajstić information content (AvgIpc) is 3.16. The summed E-state index contributed by atoms with van der Waals surface area (Å²) >= 11 is 0. The molecule has 2 rings (SSSR count). The lowest BCUT2D eigenvalue weighted by molar-refractivity contribution is -0.255. The van der Waals surface area contributed by atoms with Crippen LogP contribution in [0.15, 0.2) is 0 Å². The van der Waals surface area contributed by atoms with Crippen LogP contribution in [0.25, 0.3) is 0 Å². The van der Waals surface area contributed by atoms with E-state index >= 15 is 0 Å². The molecule has 4 heteroatoms. The molecule has 0 aromatic carbocycles. The maximum atomic E-state index is 9.87. The summed E-state index contributed by atoms with van der Waals surface area (Å²) in [6.07, 6.45) is 3.66. The van der Waals surface area contributed by atoms with Gasteiger partial charge in [-0.05, 0) is 71.6 Å². The van der Waals surface area contributed by atoms with Crippen molar-refractivity contribution in [1.29, 1.82) is 0 Å². The van der Waals surface area contributed by atoms with Crippen LogP contribution >= 0.6 is 0 Å². The summed E-state index contributed by atoms with van der Waals surface area (Å²) in [4.78, 5) is 0. The number of ether oxygens (including phenoxy) is 3. The van der Waals surface area contributed by atoms with Crippen molar-refractivity contribution in [2.45, 2.75) is 104 Å². The maximum Gasteiger partial charge on any atom is 0.161 e. The molecule has 0 radical (unpaired) electrons. The van der Waals surface area contributed by atoms with E-state index in [9.17, 15) is 5.11 Å². The van der Waals surface area contributed by atoms with Gasteiger partial charge in [-0.2, -0.15) is 0 Å². The fourth-order valence-corrected chi connectivity index (χ4v) is 4.36. The van der Waals surface area contributed by atoms with Crippen LogP contribution in [-0.2, 0) is 14.2 Å². The summed E-state index contributed by atoms with van der Waals surface area (Å²) in [5, 5.41) is 9.87. The molecular weight excluding hydrogens is 304 g/mol. The Morgan fingerprint density at radius 2 is 2.00 bits per heavy atom. The fourth-order valence-electron chi connectivity index (χ4n) is 4.36. The first-order chi connectivity index (χ1) is 11.1. The molecule has 2 aliphatic rings. The molecule has 1 saturated heterocycles. The Bertz CT molecular complexity index is 410. The van der Waals surface area contributed by atoms with Crippen LogP contribution in [0.4, 0.5) is 0 Å². The molecule has 0 amide bonds. The Morgan fingerprint density at radius 3 is 2.62 bits per heavy atom. The molecule has 0 spiro atoms. The van der Waals surface area contributed by atoms with Crippen LogP contribution in [0.5, 0.6) is 0 Å². The number of aliphatic hydroxyl groups is 1. The zero-order valence-corrected chi connectivity index (χ0v) is 16.7. The molecule has 1 aliphatic carbocycles. The second kappa shape index (κ2) is 7.61. The van der Waals surface area contributed by atoms with Gasteiger partial charge in [-0.25, -0.2) is 0 Å². The Hall–Kier alpha value is -0.160. The van der Waals surface area contributed by atoms with Crippen molar-refractivity contribution in [3.8, 4) is 0 Å². The van der Waals surface area contributed by atoms with E-state index in [4.69, 9.17) is 14.2 Å². The lowest BCUT2D eigenvalue weighted by Crippen LogP contribution is -2.44. The molecule has 0 bridgehead atoms. The summed E-state index contributed by atoms with van der Waals surface area (Å²) in [6, 6.07) is 0. The van der Waals surface area contributed by atoms with Gasteiger partial charge in [0.2, 0.25) is 0 Å². The predicted octanol–water partition coefficient (Wildman–Crippen LogP) is 4.14. The first-order valence-corrected chi connectivity index (χ1v) is 9.72. The van der Waals surface area contributed by atoms with Crippen LogP contribution in [0.3, 0.4) is 0 Å². The normalized spacial score (nSPS) is 41.2. The van der Waals surface area contributed by atoms with E-state index in [0.717, 1.165) is 25.9 Å². The van der Waals surface area contributed by atoms with Gasteiger partial charge in [0.25, 0.3) is 0 Å². The quantitative estimate of drug-likeness (QED) is 0.720. The Labute approximate surface area is 148 Å². The zero-order chi connectivity index (χ0) is 18.1. The van der Waals surface area contributed by atoms with Crippen molar-refractivity contribution < 1.29 is 19.3 Å². The van der Waals surface area contributed by atoms with Crippen LogP contribution in [-0.4, -0.2) is 41.9 Å². The number of hydrogen-bond acceptors (Lipinski definition) is 4. The third kappa shape index (κ3) is 4.72. The maximum absolute atomic E-state index is 9.87. The van der Waals surface area contributed by atoms with Gasteiger partial charge in [0.05, 0.1) is 23.9 Å². The van der Waals surface area contributed by atoms with Crippen molar-refractivity contribution in [1.82, 2.24) is 0 Å². The summed E-state index contributed by atoms with van der Waals surface area (Å²) in [6.45, 7) is 15.8. The summed E-state index contributed by atoms with van der Waals surface area (Å²) in [5.74, 6) is 0.872. The highest BCUT2D eigenvalue weighted by atomic mass is 16.7. The highest BCUT2D eigenvalue weighted by Crippen LogP contribution is 2.61. The van der Waals surface area contributed by atoms with E-state index in [1.165, 1.54) is 6.42 Å². The van der Waals surface area contributed by atoms with Gasteiger partial charge in [-0.1, -0.05) is 13.8 Å². The van der Waals surface area contributed by atoms with E-state index in [2.05, 4.69) is 41.5 Å². The molecular formula is C20H38O4. The van der Waals surface area contributed by atoms with Gasteiger partial charge in [-0.15, -0.1) is 0 Å². The standard InChI is InChI=1S/C20H38O4/c1-8-22-19(5,6)17-12-20(17,7)10-9-14(3)23-18-13(2)11-16(21)15(4)24-18/h13-18,21H,8-12H2,1-7H3/t13-,14-,15+,16-,17+,18-,20-/m1/s1. The van der Waals surface area contributed by atoms with Gasteiger partial charge >= 0.3 is 0 Å². The number of hydrogen-bond donors (Lipinski definition) is 1. The zero-order valence-electron chi connectivity index (χ0n) is 16.7. The van der Waals surface area contributed by atoms with Gasteiger partial charge < -0.3 is 19.3 Å². The van der Waals surface area contributed by atoms with Crippen LogP contribution < -0.4 is 0 Å². The molecule has 0 aromatic heterocycles. The van der Waals surface area contributed by atoms with Gasteiger partial charge in [0, 0.05) is 12.5 Å². The smallest absolute Gasteiger partial charge is 0.161 e. The number of rotatable bonds is 8. The minimum atomic E-state index is -0.373. The molecule has 0 unspecified atom stereocenters. The van der Waals surface area contributed by atoms with Crippen LogP contribution in [0, 0.1) is 17.3 Å². The van der Waals surface area contributed by atoms with Crippen molar-refractivity contribution in [3.05, 3.63) is 0 Å². The van der Waals surface area contributed by atoms with E-state index in [0.29, 0.717) is 11.3 Å². The van der Waals surface area contributed by atoms with E-state index in [1.807, 2.05) is 6.92 Å². The van der Waals surface area contributed by atoms with Crippen molar-refractivity contribution in [3.63, 3.8) is 0 Å². The Morgan fingerprint density at radius 1 is 1.33 bits per heavy atom. The minimum Gasteiger partial charge on any atom is -0.390 e. The highest BCUT2D eigenvalue weighted by Gasteiger charge is 2.57. The second-order valence-electron chi connectivity index (χ2n) is 8.92. The molecule has 1 heterocycles. The highest BCUT2D eigenvalue weighted by molar-refractivity contribution is 5.06. The van der Waals surface area contributed by atoms with Crippen molar-refractivity contribution in [2.24, 2.45) is 17.3 Å². The molecule has 1 saturated carbocycles.